The van der Waals surface area contributed by atoms with Crippen molar-refractivity contribution in [2.75, 3.05) is 5.32 Å². The van der Waals surface area contributed by atoms with Crippen LogP contribution < -0.4 is 5.32 Å². The highest BCUT2D eigenvalue weighted by Crippen LogP contribution is 2.42. The number of halogens is 3. The number of allylic oxidation sites excluding steroid dienone is 2. The van der Waals surface area contributed by atoms with Gasteiger partial charge in [0.2, 0.25) is 9.84 Å². The molecule has 150 valence electrons. The summed E-state index contributed by atoms with van der Waals surface area (Å²) in [6, 6.07) is 12.3. The van der Waals surface area contributed by atoms with E-state index in [1.807, 2.05) is 13.0 Å². The fourth-order valence-electron chi connectivity index (χ4n) is 3.44. The minimum absolute atomic E-state index is 0.149. The summed E-state index contributed by atoms with van der Waals surface area (Å²) in [4.78, 5) is 0.337. The van der Waals surface area contributed by atoms with Crippen LogP contribution in [-0.2, 0) is 9.84 Å². The molecule has 1 unspecified atom stereocenters. The molecule has 0 radical (unpaired) electrons. The number of hydrogen-bond acceptors (Lipinski definition) is 4. The van der Waals surface area contributed by atoms with Crippen LogP contribution >= 0.6 is 34.8 Å². The minimum Gasteiger partial charge on any atom is -0.343 e. The normalized spacial score (nSPS) is 16.5. The molecule has 3 aromatic rings. The summed E-state index contributed by atoms with van der Waals surface area (Å²) < 4.78 is 28.9. The molecule has 0 amide bonds. The summed E-state index contributed by atoms with van der Waals surface area (Å²) >= 11 is 18.3. The summed E-state index contributed by atoms with van der Waals surface area (Å²) in [5.41, 5.74) is 1.94. The lowest BCUT2D eigenvalue weighted by Gasteiger charge is -2.30. The van der Waals surface area contributed by atoms with Crippen LogP contribution in [0.1, 0.15) is 24.2 Å². The van der Waals surface area contributed by atoms with Crippen molar-refractivity contribution in [3.8, 4) is 0 Å². The van der Waals surface area contributed by atoms with Gasteiger partial charge in [-0.1, -0.05) is 40.9 Å². The van der Waals surface area contributed by atoms with Gasteiger partial charge in [0.1, 0.15) is 11.9 Å². The average molecular weight is 469 g/mol. The number of fused-ring (bicyclic) bond motifs is 1. The van der Waals surface area contributed by atoms with Crippen molar-refractivity contribution in [1.82, 2.24) is 9.78 Å². The van der Waals surface area contributed by atoms with Crippen molar-refractivity contribution in [3.63, 3.8) is 0 Å². The quantitative estimate of drug-likeness (QED) is 0.522. The number of rotatable bonds is 3. The van der Waals surface area contributed by atoms with E-state index >= 15 is 0 Å². The molecule has 0 saturated heterocycles. The SMILES string of the molecule is CC1=C(S(=O)(=O)c2ccc(Cl)cc2)C(c2ccc(Cl)c(Cl)c2)n2nc(C)cc2N1. The second kappa shape index (κ2) is 7.36. The zero-order chi connectivity index (χ0) is 20.9. The fraction of sp³-hybridized carbons (Fsp3) is 0.150. The molecule has 1 atom stereocenters. The van der Waals surface area contributed by atoms with Crippen LogP contribution in [0.3, 0.4) is 0 Å². The Morgan fingerprint density at radius 3 is 2.31 bits per heavy atom. The molecule has 0 spiro atoms. The van der Waals surface area contributed by atoms with Crippen molar-refractivity contribution in [2.45, 2.75) is 24.8 Å². The van der Waals surface area contributed by atoms with E-state index in [4.69, 9.17) is 34.8 Å². The molecule has 1 N–H and O–H groups in total. The summed E-state index contributed by atoms with van der Waals surface area (Å²) in [5, 5.41) is 8.88. The molecule has 29 heavy (non-hydrogen) atoms. The van der Waals surface area contributed by atoms with Gasteiger partial charge in [-0.05, 0) is 55.8 Å². The Morgan fingerprint density at radius 2 is 1.66 bits per heavy atom. The highest BCUT2D eigenvalue weighted by atomic mass is 35.5. The maximum atomic E-state index is 13.6. The number of sulfone groups is 1. The third kappa shape index (κ3) is 3.55. The molecule has 5 nitrogen and oxygen atoms in total. The minimum atomic E-state index is -3.86. The number of hydrogen-bond donors (Lipinski definition) is 1. The lowest BCUT2D eigenvalue weighted by atomic mass is 10.0. The fourth-order valence-corrected chi connectivity index (χ4v) is 5.61. The summed E-state index contributed by atoms with van der Waals surface area (Å²) in [5.74, 6) is 0.700. The van der Waals surface area contributed by atoms with Crippen LogP contribution in [0, 0.1) is 6.92 Å². The van der Waals surface area contributed by atoms with Gasteiger partial charge in [-0.2, -0.15) is 5.10 Å². The molecule has 1 aromatic heterocycles. The zero-order valence-corrected chi connectivity index (χ0v) is 18.5. The first kappa shape index (κ1) is 20.3. The number of anilines is 1. The third-order valence-electron chi connectivity index (χ3n) is 4.71. The highest BCUT2D eigenvalue weighted by Gasteiger charge is 2.37. The van der Waals surface area contributed by atoms with E-state index in [-0.39, 0.29) is 9.80 Å². The predicted molar refractivity (Wildman–Crippen MR) is 117 cm³/mol. The van der Waals surface area contributed by atoms with E-state index in [1.165, 1.54) is 12.1 Å². The van der Waals surface area contributed by atoms with Gasteiger partial charge >= 0.3 is 0 Å². The molecule has 4 rings (SSSR count). The van der Waals surface area contributed by atoms with Crippen LogP contribution in [0.5, 0.6) is 0 Å². The average Bonchev–Trinajstić information content (AvgIpc) is 3.02. The Morgan fingerprint density at radius 1 is 0.966 bits per heavy atom. The van der Waals surface area contributed by atoms with Crippen molar-refractivity contribution >= 4 is 50.5 Å². The van der Waals surface area contributed by atoms with Gasteiger partial charge in [0.25, 0.3) is 0 Å². The lowest BCUT2D eigenvalue weighted by molar-refractivity contribution is 0.563. The molecule has 1 aliphatic rings. The Hall–Kier alpha value is -1.99. The van der Waals surface area contributed by atoms with E-state index in [0.29, 0.717) is 32.1 Å². The molecule has 0 aliphatic carbocycles. The van der Waals surface area contributed by atoms with E-state index in [1.54, 1.807) is 41.9 Å². The van der Waals surface area contributed by atoms with Crippen LogP contribution in [0.2, 0.25) is 15.1 Å². The second-order valence-corrected chi connectivity index (χ2v) is 9.93. The molecule has 2 heterocycles. The smallest absolute Gasteiger partial charge is 0.206 e. The first-order chi connectivity index (χ1) is 13.7. The van der Waals surface area contributed by atoms with E-state index < -0.39 is 15.9 Å². The van der Waals surface area contributed by atoms with Gasteiger partial charge in [0.05, 0.1) is 25.5 Å². The third-order valence-corrected chi connectivity index (χ3v) is 7.70. The van der Waals surface area contributed by atoms with Crippen molar-refractivity contribution < 1.29 is 8.42 Å². The van der Waals surface area contributed by atoms with Crippen molar-refractivity contribution in [2.24, 2.45) is 0 Å². The number of aryl methyl sites for hydroxylation is 1. The van der Waals surface area contributed by atoms with Gasteiger partial charge in [0.15, 0.2) is 0 Å². The maximum Gasteiger partial charge on any atom is 0.206 e. The Kier molecular flexibility index (Phi) is 5.15. The summed E-state index contributed by atoms with van der Waals surface area (Å²) in [6.45, 7) is 3.58. The van der Waals surface area contributed by atoms with E-state index in [2.05, 4.69) is 10.4 Å². The lowest BCUT2D eigenvalue weighted by Crippen LogP contribution is -2.28. The second-order valence-electron chi connectivity index (χ2n) is 6.76. The van der Waals surface area contributed by atoms with Gasteiger partial charge in [-0.25, -0.2) is 13.1 Å². The number of nitrogens with one attached hydrogen (secondary N) is 1. The van der Waals surface area contributed by atoms with Gasteiger partial charge < -0.3 is 5.32 Å². The largest absolute Gasteiger partial charge is 0.343 e. The zero-order valence-electron chi connectivity index (χ0n) is 15.4. The van der Waals surface area contributed by atoms with Crippen LogP contribution in [-0.4, -0.2) is 18.2 Å². The Bertz CT molecular complexity index is 1250. The topological polar surface area (TPSA) is 64.0 Å². The van der Waals surface area contributed by atoms with Gasteiger partial charge in [-0.15, -0.1) is 0 Å². The first-order valence-corrected chi connectivity index (χ1v) is 11.3. The van der Waals surface area contributed by atoms with Gasteiger partial charge in [0, 0.05) is 16.8 Å². The molecule has 9 heteroatoms. The molecule has 1 aliphatic heterocycles. The number of benzene rings is 2. The van der Waals surface area contributed by atoms with Crippen LogP contribution in [0.25, 0.3) is 0 Å². The standard InChI is InChI=1S/C20H16Cl3N3O2S/c1-11-9-18-24-12(2)20(29(27,28)15-6-4-14(21)5-7-15)19(26(18)25-11)13-3-8-16(22)17(23)10-13/h3-10,19,24H,1-2H3. The number of aromatic nitrogens is 2. The Balaban J connectivity index is 1.96. The van der Waals surface area contributed by atoms with Gasteiger partial charge in [-0.3, -0.25) is 0 Å². The van der Waals surface area contributed by atoms with Crippen molar-refractivity contribution in [3.05, 3.63) is 85.5 Å². The first-order valence-electron chi connectivity index (χ1n) is 8.68. The Labute approximate surface area is 183 Å². The summed E-state index contributed by atoms with van der Waals surface area (Å²) in [6.07, 6.45) is 0. The molecule has 0 bridgehead atoms. The molecule has 2 aromatic carbocycles. The molecule has 0 saturated carbocycles. The molecular weight excluding hydrogens is 453 g/mol. The molecular formula is C20H16Cl3N3O2S. The monoisotopic (exact) mass is 467 g/mol. The van der Waals surface area contributed by atoms with E-state index in [0.717, 1.165) is 5.69 Å². The highest BCUT2D eigenvalue weighted by molar-refractivity contribution is 7.95. The maximum absolute atomic E-state index is 13.6. The van der Waals surface area contributed by atoms with Crippen LogP contribution in [0.4, 0.5) is 5.82 Å². The summed E-state index contributed by atoms with van der Waals surface area (Å²) in [7, 11) is -3.86. The van der Waals surface area contributed by atoms with Crippen molar-refractivity contribution in [1.29, 1.82) is 0 Å². The molecule has 0 fully saturated rings. The van der Waals surface area contributed by atoms with E-state index in [9.17, 15) is 8.42 Å². The van der Waals surface area contributed by atoms with Crippen LogP contribution in [0.15, 0.2) is 64.0 Å². The predicted octanol–water partition coefficient (Wildman–Crippen LogP) is 5.87. The number of nitrogens with zero attached hydrogens (tertiary/aromatic N) is 2.